The first-order valence-corrected chi connectivity index (χ1v) is 24.5. The Hall–Kier alpha value is -3.40. The zero-order chi connectivity index (χ0) is 42.3. The predicted octanol–water partition coefficient (Wildman–Crippen LogP) is 10.0. The van der Waals surface area contributed by atoms with Crippen molar-refractivity contribution in [2.75, 3.05) is 26.4 Å². The van der Waals surface area contributed by atoms with Crippen LogP contribution in [0.15, 0.2) is 56.9 Å². The molecule has 0 radical (unpaired) electrons. The molecule has 8 rings (SSSR count). The molecule has 14 nitrogen and oxygen atoms in total. The number of halogens is 4. The van der Waals surface area contributed by atoms with Gasteiger partial charge in [-0.15, -0.1) is 27.8 Å². The van der Waals surface area contributed by atoms with Crippen molar-refractivity contribution >= 4 is 89.3 Å². The molecule has 0 atom stereocenters. The van der Waals surface area contributed by atoms with Crippen LogP contribution in [0.25, 0.3) is 32.5 Å². The summed E-state index contributed by atoms with van der Waals surface area (Å²) < 4.78 is 94.6. The van der Waals surface area contributed by atoms with E-state index >= 15 is 0 Å². The summed E-state index contributed by atoms with van der Waals surface area (Å²) in [5.41, 5.74) is 4.44. The van der Waals surface area contributed by atoms with Gasteiger partial charge in [0.1, 0.15) is 11.5 Å². The molecule has 318 valence electrons. The second kappa shape index (κ2) is 17.8. The molecule has 4 aromatic heterocycles. The highest BCUT2D eigenvalue weighted by Gasteiger charge is 2.32. The van der Waals surface area contributed by atoms with Crippen LogP contribution in [0.2, 0.25) is 20.1 Å². The minimum Gasteiger partial charge on any atom is -0.492 e. The number of benzene rings is 2. The quantitative estimate of drug-likeness (QED) is 0.0735. The first-order chi connectivity index (χ1) is 28.7. The summed E-state index contributed by atoms with van der Waals surface area (Å²) in [6.45, 7) is 1.57. The van der Waals surface area contributed by atoms with Gasteiger partial charge in [-0.1, -0.05) is 65.7 Å². The lowest BCUT2D eigenvalue weighted by Crippen LogP contribution is -2.04. The highest BCUT2D eigenvalue weighted by Crippen LogP contribution is 2.48. The monoisotopic (exact) mass is 974 g/mol. The van der Waals surface area contributed by atoms with E-state index in [0.717, 1.165) is 65.9 Å². The van der Waals surface area contributed by atoms with E-state index in [1.54, 1.807) is 45.8 Å². The molecule has 2 aliphatic heterocycles. The van der Waals surface area contributed by atoms with Crippen molar-refractivity contribution in [1.82, 2.24) is 19.6 Å². The Bertz CT molecular complexity index is 2630. The lowest BCUT2D eigenvalue weighted by molar-refractivity contribution is 0.113. The topological polar surface area (TPSA) is 181 Å². The van der Waals surface area contributed by atoms with E-state index in [0.29, 0.717) is 102 Å². The van der Waals surface area contributed by atoms with Crippen molar-refractivity contribution < 1.29 is 44.9 Å². The van der Waals surface area contributed by atoms with Gasteiger partial charge in [-0.3, -0.25) is 9.11 Å². The minimum atomic E-state index is -4.48. The van der Waals surface area contributed by atoms with Gasteiger partial charge in [0.15, 0.2) is 8.42 Å². The Labute approximate surface area is 373 Å². The largest absolute Gasteiger partial charge is 0.492 e. The van der Waals surface area contributed by atoms with E-state index in [4.69, 9.17) is 75.5 Å². The molecule has 6 aromatic rings. The van der Waals surface area contributed by atoms with Crippen molar-refractivity contribution in [1.29, 1.82) is 0 Å². The van der Waals surface area contributed by atoms with E-state index in [2.05, 4.69) is 0 Å². The number of hydrogen-bond acceptors (Lipinski definition) is 12. The molecule has 0 amide bonds. The fourth-order valence-electron chi connectivity index (χ4n) is 6.97. The molecule has 2 aliphatic rings. The van der Waals surface area contributed by atoms with Gasteiger partial charge >= 0.3 is 20.2 Å². The Morgan fingerprint density at radius 1 is 0.667 bits per heavy atom. The lowest BCUT2D eigenvalue weighted by Gasteiger charge is -2.09. The van der Waals surface area contributed by atoms with E-state index < -0.39 is 20.2 Å². The van der Waals surface area contributed by atoms with Crippen molar-refractivity contribution in [3.05, 3.63) is 85.4 Å². The van der Waals surface area contributed by atoms with Crippen LogP contribution < -0.4 is 14.2 Å². The molecule has 0 unspecified atom stereocenters. The molecular formula is C38H34Cl4N4O10S4. The average molecular weight is 977 g/mol. The Morgan fingerprint density at radius 3 is 1.72 bits per heavy atom. The summed E-state index contributed by atoms with van der Waals surface area (Å²) in [5.74, 6) is 1.01. The third-order valence-corrected chi connectivity index (χ3v) is 15.6. The maximum absolute atomic E-state index is 12.0. The van der Waals surface area contributed by atoms with Crippen LogP contribution in [0.5, 0.6) is 17.4 Å². The second-order valence-electron chi connectivity index (χ2n) is 13.8. The van der Waals surface area contributed by atoms with Gasteiger partial charge in [-0.25, -0.2) is 9.36 Å². The smallest absolute Gasteiger partial charge is 0.304 e. The summed E-state index contributed by atoms with van der Waals surface area (Å²) in [6, 6.07) is 12.6. The van der Waals surface area contributed by atoms with Gasteiger partial charge in [0.25, 0.3) is 0 Å². The van der Waals surface area contributed by atoms with Crippen LogP contribution >= 0.6 is 69.1 Å². The Morgan fingerprint density at radius 2 is 1.17 bits per heavy atom. The first kappa shape index (κ1) is 43.3. The van der Waals surface area contributed by atoms with Crippen LogP contribution in [0.3, 0.4) is 0 Å². The van der Waals surface area contributed by atoms with E-state index in [1.807, 2.05) is 0 Å². The van der Waals surface area contributed by atoms with Gasteiger partial charge in [0, 0.05) is 52.8 Å². The number of aromatic nitrogens is 4. The molecule has 0 bridgehead atoms. The van der Waals surface area contributed by atoms with Crippen LogP contribution in [-0.4, -0.2) is 71.9 Å². The van der Waals surface area contributed by atoms with E-state index in [1.165, 1.54) is 12.1 Å². The number of hydrogen-bond donors (Lipinski definition) is 2. The fourth-order valence-corrected chi connectivity index (χ4v) is 11.6. The van der Waals surface area contributed by atoms with Gasteiger partial charge < -0.3 is 18.9 Å². The normalized spacial score (nSPS) is 13.7. The minimum absolute atomic E-state index is 0.202. The zero-order valence-electron chi connectivity index (χ0n) is 31.2. The van der Waals surface area contributed by atoms with Gasteiger partial charge in [0.2, 0.25) is 5.88 Å². The lowest BCUT2D eigenvalue weighted by atomic mass is 10.1. The number of thiophene rings is 2. The van der Waals surface area contributed by atoms with Gasteiger partial charge in [-0.2, -0.15) is 21.9 Å². The maximum atomic E-state index is 12.0. The van der Waals surface area contributed by atoms with Gasteiger partial charge in [-0.05, 0) is 49.2 Å². The number of rotatable bonds is 15. The fraction of sp³-hybridized carbons (Fsp3) is 0.316. The third kappa shape index (κ3) is 9.06. The number of fused-ring (bicyclic) bond motifs is 6. The predicted molar refractivity (Wildman–Crippen MR) is 230 cm³/mol. The molecule has 22 heteroatoms. The summed E-state index contributed by atoms with van der Waals surface area (Å²) >= 11 is 27.3. The molecular weight excluding hydrogens is 943 g/mol. The molecule has 0 aliphatic carbocycles. The molecule has 2 N–H and O–H groups in total. The molecule has 6 heterocycles. The van der Waals surface area contributed by atoms with Crippen LogP contribution in [0.1, 0.15) is 48.9 Å². The highest BCUT2D eigenvalue weighted by atomic mass is 35.5. The molecule has 0 spiro atoms. The first-order valence-electron chi connectivity index (χ1n) is 18.5. The Kier molecular flexibility index (Phi) is 12.8. The summed E-state index contributed by atoms with van der Waals surface area (Å²) in [7, 11) is -8.95. The average Bonchev–Trinajstić information content (AvgIpc) is 3.92. The summed E-state index contributed by atoms with van der Waals surface area (Å²) in [4.78, 5) is 0.971. The van der Waals surface area contributed by atoms with E-state index in [-0.39, 0.29) is 28.2 Å². The maximum Gasteiger partial charge on any atom is 0.304 e. The molecule has 2 aromatic carbocycles. The summed E-state index contributed by atoms with van der Waals surface area (Å²) in [5, 5.41) is 11.2. The third-order valence-electron chi connectivity index (χ3n) is 9.71. The second-order valence-corrected chi connectivity index (χ2v) is 20.8. The number of nitrogens with zero attached hydrogens (tertiary/aromatic N) is 4. The van der Waals surface area contributed by atoms with Crippen molar-refractivity contribution in [3.8, 4) is 49.9 Å². The van der Waals surface area contributed by atoms with Crippen LogP contribution in [-0.2, 0) is 44.4 Å². The standard InChI is InChI=1S/C38H34Cl4N4O10S4/c39-21-6-8-28(25(41)16-21)45-34-23(10-14-54-30-18-32(57-36(30)34)59(47,48)49)27(43-45)20-53-12-4-2-1-3-5-13-56-38-24-11-15-55-31-19-33(60(50,51)52)58-37(31)35(24)46(44-38)29-9-7-22(40)17-26(29)42/h6-9,16-19H,1-5,10-15,20H2,(H,47,48,49)(H,50,51,52). The highest BCUT2D eigenvalue weighted by molar-refractivity contribution is 7.88. The SMILES string of the molecule is O=S(=O)(O)c1cc2c(s1)-c1c(c(COCCCCCCCOc3nn(-c4ccc(Cl)cc4Cl)c4c3CCOc3cc(S(=O)(=O)O)sc3-4)nn1-c1ccc(Cl)cc1Cl)CCO2. The van der Waals surface area contributed by atoms with Crippen molar-refractivity contribution in [3.63, 3.8) is 0 Å². The zero-order valence-corrected chi connectivity index (χ0v) is 37.5. The Balaban J connectivity index is 0.889. The van der Waals surface area contributed by atoms with Crippen molar-refractivity contribution in [2.24, 2.45) is 0 Å². The number of unbranched alkanes of at least 4 members (excludes halogenated alkanes) is 4. The van der Waals surface area contributed by atoms with Crippen LogP contribution in [0.4, 0.5) is 0 Å². The van der Waals surface area contributed by atoms with Crippen molar-refractivity contribution in [2.45, 2.75) is 60.0 Å². The molecule has 60 heavy (non-hydrogen) atoms. The van der Waals surface area contributed by atoms with E-state index in [9.17, 15) is 25.9 Å². The molecule has 0 saturated carbocycles. The molecule has 0 saturated heterocycles. The summed E-state index contributed by atoms with van der Waals surface area (Å²) in [6.07, 6.45) is 5.20. The number of ether oxygens (including phenoxy) is 4. The van der Waals surface area contributed by atoms with Crippen LogP contribution in [0, 0.1) is 0 Å². The molecule has 0 fully saturated rings. The van der Waals surface area contributed by atoms with Gasteiger partial charge in [0.05, 0.1) is 74.7 Å².